The van der Waals surface area contributed by atoms with Gasteiger partial charge in [0.05, 0.1) is 23.9 Å². The van der Waals surface area contributed by atoms with Crippen LogP contribution in [-0.4, -0.2) is 33.5 Å². The molecule has 2 aromatic rings. The van der Waals surface area contributed by atoms with E-state index in [0.717, 1.165) is 28.4 Å². The molecular formula is C14H18N2O3S. The Morgan fingerprint density at radius 3 is 2.90 bits per heavy atom. The maximum Gasteiger partial charge on any atom is 0.313 e. The summed E-state index contributed by atoms with van der Waals surface area (Å²) in [5.74, 6) is -0.0521. The number of hydrogen-bond acceptors (Lipinski definition) is 4. The Kier molecular flexibility index (Phi) is 4.54. The number of benzene rings is 1. The first kappa shape index (κ1) is 14.7. The van der Waals surface area contributed by atoms with Crippen molar-refractivity contribution >= 4 is 28.8 Å². The van der Waals surface area contributed by atoms with Crippen LogP contribution in [0.4, 0.5) is 0 Å². The highest BCUT2D eigenvalue weighted by Gasteiger charge is 2.16. The Balaban J connectivity index is 2.52. The molecule has 5 nitrogen and oxygen atoms in total. The highest BCUT2D eigenvalue weighted by Crippen LogP contribution is 2.31. The minimum absolute atomic E-state index is 0.0108. The van der Waals surface area contributed by atoms with Crippen molar-refractivity contribution in [1.82, 2.24) is 9.55 Å². The van der Waals surface area contributed by atoms with E-state index in [4.69, 9.17) is 9.84 Å². The number of hydrogen-bond donors (Lipinski definition) is 1. The van der Waals surface area contributed by atoms with Crippen molar-refractivity contribution in [3.05, 3.63) is 18.2 Å². The lowest BCUT2D eigenvalue weighted by Crippen LogP contribution is -2.07. The number of aliphatic carboxylic acids is 1. The molecule has 1 heterocycles. The minimum Gasteiger partial charge on any atom is -0.497 e. The highest BCUT2D eigenvalue weighted by molar-refractivity contribution is 7.99. The predicted molar refractivity (Wildman–Crippen MR) is 79.6 cm³/mol. The Labute approximate surface area is 121 Å². The molecule has 1 aromatic carbocycles. The molecule has 6 heteroatoms. The summed E-state index contributed by atoms with van der Waals surface area (Å²) in [4.78, 5) is 15.3. The maximum atomic E-state index is 10.8. The summed E-state index contributed by atoms with van der Waals surface area (Å²) in [6, 6.07) is 5.96. The van der Waals surface area contributed by atoms with Crippen LogP contribution >= 0.6 is 11.8 Å². The average Bonchev–Trinajstić information content (AvgIpc) is 2.81. The third-order valence-electron chi connectivity index (χ3n) is 3.22. The normalized spacial score (nSPS) is 12.6. The molecule has 2 rings (SSSR count). The molecule has 0 fully saturated rings. The van der Waals surface area contributed by atoms with E-state index >= 15 is 0 Å². The molecule has 0 bridgehead atoms. The van der Waals surface area contributed by atoms with Gasteiger partial charge >= 0.3 is 5.97 Å². The number of ether oxygens (including phenoxy) is 1. The second-order valence-electron chi connectivity index (χ2n) is 4.56. The number of carbonyl (C=O) groups is 1. The minimum atomic E-state index is -0.838. The summed E-state index contributed by atoms with van der Waals surface area (Å²) < 4.78 is 7.34. The Morgan fingerprint density at radius 1 is 1.55 bits per heavy atom. The number of rotatable bonds is 6. The first-order chi connectivity index (χ1) is 9.56. The van der Waals surface area contributed by atoms with E-state index in [1.54, 1.807) is 7.11 Å². The largest absolute Gasteiger partial charge is 0.497 e. The molecule has 0 aliphatic rings. The fourth-order valence-corrected chi connectivity index (χ4v) is 2.85. The van der Waals surface area contributed by atoms with Crippen LogP contribution in [0, 0.1) is 0 Å². The van der Waals surface area contributed by atoms with Crippen molar-refractivity contribution in [3.63, 3.8) is 0 Å². The fraction of sp³-hybridized carbons (Fsp3) is 0.429. The summed E-state index contributed by atoms with van der Waals surface area (Å²) in [6.45, 7) is 4.20. The molecule has 0 amide bonds. The number of fused-ring (bicyclic) bond motifs is 1. The second-order valence-corrected chi connectivity index (χ2v) is 5.50. The molecule has 1 aromatic heterocycles. The second kappa shape index (κ2) is 6.17. The van der Waals surface area contributed by atoms with Gasteiger partial charge in [0.15, 0.2) is 5.16 Å². The zero-order valence-corrected chi connectivity index (χ0v) is 12.6. The van der Waals surface area contributed by atoms with E-state index in [0.29, 0.717) is 0 Å². The molecule has 0 saturated carbocycles. The molecule has 0 radical (unpaired) electrons. The third-order valence-corrected chi connectivity index (χ3v) is 4.16. The zero-order valence-electron chi connectivity index (χ0n) is 11.8. The van der Waals surface area contributed by atoms with Gasteiger partial charge in [0.1, 0.15) is 5.75 Å². The summed E-state index contributed by atoms with van der Waals surface area (Å²) in [7, 11) is 1.63. The van der Waals surface area contributed by atoms with Gasteiger partial charge in [-0.1, -0.05) is 18.7 Å². The molecule has 0 aliphatic heterocycles. The van der Waals surface area contributed by atoms with Crippen LogP contribution in [-0.2, 0) is 4.79 Å². The monoisotopic (exact) mass is 294 g/mol. The van der Waals surface area contributed by atoms with E-state index in [1.165, 1.54) is 11.8 Å². The third kappa shape index (κ3) is 2.90. The first-order valence-corrected chi connectivity index (χ1v) is 7.46. The van der Waals surface area contributed by atoms with E-state index < -0.39 is 5.97 Å². The molecule has 1 atom stereocenters. The zero-order chi connectivity index (χ0) is 14.7. The lowest BCUT2D eigenvalue weighted by Gasteiger charge is -2.15. The van der Waals surface area contributed by atoms with Crippen molar-refractivity contribution in [3.8, 4) is 5.75 Å². The van der Waals surface area contributed by atoms with Crippen molar-refractivity contribution in [2.75, 3.05) is 12.9 Å². The van der Waals surface area contributed by atoms with Gasteiger partial charge in [0.25, 0.3) is 0 Å². The lowest BCUT2D eigenvalue weighted by atomic mass is 10.2. The van der Waals surface area contributed by atoms with Crippen molar-refractivity contribution in [1.29, 1.82) is 0 Å². The average molecular weight is 294 g/mol. The van der Waals surface area contributed by atoms with Crippen molar-refractivity contribution in [2.45, 2.75) is 31.5 Å². The smallest absolute Gasteiger partial charge is 0.313 e. The van der Waals surface area contributed by atoms with E-state index in [-0.39, 0.29) is 11.8 Å². The van der Waals surface area contributed by atoms with Gasteiger partial charge in [-0.25, -0.2) is 4.98 Å². The SMILES string of the molecule is CCC(C)n1c(SCC(=O)O)nc2ccc(OC)cc21. The molecule has 108 valence electrons. The van der Waals surface area contributed by atoms with Gasteiger partial charge in [0.2, 0.25) is 0 Å². The number of methoxy groups -OCH3 is 1. The van der Waals surface area contributed by atoms with Crippen LogP contribution in [0.1, 0.15) is 26.3 Å². The van der Waals surface area contributed by atoms with E-state index in [9.17, 15) is 4.79 Å². The van der Waals surface area contributed by atoms with Gasteiger partial charge in [-0.15, -0.1) is 0 Å². The summed E-state index contributed by atoms with van der Waals surface area (Å²) in [5, 5.41) is 9.58. The topological polar surface area (TPSA) is 64.4 Å². The number of carboxylic acid groups (broad SMARTS) is 1. The first-order valence-electron chi connectivity index (χ1n) is 6.47. The van der Waals surface area contributed by atoms with Gasteiger partial charge in [-0.05, 0) is 25.5 Å². The number of thioether (sulfide) groups is 1. The number of nitrogens with zero attached hydrogens (tertiary/aromatic N) is 2. The van der Waals surface area contributed by atoms with Crippen LogP contribution in [0.15, 0.2) is 23.4 Å². The van der Waals surface area contributed by atoms with E-state index in [2.05, 4.69) is 23.4 Å². The standard InChI is InChI=1S/C14H18N2O3S/c1-4-9(2)16-12-7-10(19-3)5-6-11(12)15-14(16)20-8-13(17)18/h5-7,9H,4,8H2,1-3H3,(H,17,18). The molecule has 0 spiro atoms. The Bertz CT molecular complexity index is 624. The van der Waals surface area contributed by atoms with Gasteiger partial charge in [-0.2, -0.15) is 0 Å². The van der Waals surface area contributed by atoms with E-state index in [1.807, 2.05) is 18.2 Å². The molecule has 0 saturated heterocycles. The Morgan fingerprint density at radius 2 is 2.30 bits per heavy atom. The van der Waals surface area contributed by atoms with Crippen LogP contribution in [0.5, 0.6) is 5.75 Å². The van der Waals surface area contributed by atoms with Crippen LogP contribution < -0.4 is 4.74 Å². The van der Waals surface area contributed by atoms with Crippen molar-refractivity contribution in [2.24, 2.45) is 0 Å². The summed E-state index contributed by atoms with van der Waals surface area (Å²) in [6.07, 6.45) is 0.948. The quantitative estimate of drug-likeness (QED) is 0.829. The maximum absolute atomic E-state index is 10.8. The number of carboxylic acids is 1. The molecule has 0 aliphatic carbocycles. The molecule has 1 N–H and O–H groups in total. The van der Waals surface area contributed by atoms with Gasteiger partial charge < -0.3 is 14.4 Å². The van der Waals surface area contributed by atoms with Gasteiger partial charge in [0, 0.05) is 12.1 Å². The molecule has 20 heavy (non-hydrogen) atoms. The predicted octanol–water partition coefficient (Wildman–Crippen LogP) is 3.19. The summed E-state index contributed by atoms with van der Waals surface area (Å²) >= 11 is 1.25. The molecule has 1 unspecified atom stereocenters. The number of imidazole rings is 1. The van der Waals surface area contributed by atoms with Crippen LogP contribution in [0.2, 0.25) is 0 Å². The van der Waals surface area contributed by atoms with Crippen LogP contribution in [0.3, 0.4) is 0 Å². The van der Waals surface area contributed by atoms with Crippen LogP contribution in [0.25, 0.3) is 11.0 Å². The van der Waals surface area contributed by atoms with Crippen molar-refractivity contribution < 1.29 is 14.6 Å². The number of aromatic nitrogens is 2. The molecular weight excluding hydrogens is 276 g/mol. The fourth-order valence-electron chi connectivity index (χ4n) is 2.01. The Hall–Kier alpha value is -1.69. The highest BCUT2D eigenvalue weighted by atomic mass is 32.2. The van der Waals surface area contributed by atoms with Gasteiger partial charge in [-0.3, -0.25) is 4.79 Å². The summed E-state index contributed by atoms with van der Waals surface area (Å²) in [5.41, 5.74) is 1.84. The lowest BCUT2D eigenvalue weighted by molar-refractivity contribution is -0.133.